The Labute approximate surface area is 104 Å². The molecule has 1 heterocycles. The van der Waals surface area contributed by atoms with Gasteiger partial charge < -0.3 is 15.7 Å². The Balaban J connectivity index is 2.85. The first-order valence-corrected chi connectivity index (χ1v) is 5.94. The maximum atomic E-state index is 13.1. The fourth-order valence-corrected chi connectivity index (χ4v) is 1.99. The van der Waals surface area contributed by atoms with Gasteiger partial charge in [0, 0.05) is 6.54 Å². The molecule has 0 aromatic rings. The van der Waals surface area contributed by atoms with Gasteiger partial charge in [-0.3, -0.25) is 4.79 Å². The van der Waals surface area contributed by atoms with Gasteiger partial charge >= 0.3 is 6.18 Å². The van der Waals surface area contributed by atoms with Crippen molar-refractivity contribution in [2.45, 2.75) is 32.5 Å². The van der Waals surface area contributed by atoms with Crippen LogP contribution in [0.15, 0.2) is 0 Å². The predicted octanol–water partition coefficient (Wildman–Crippen LogP) is 0.661. The lowest BCUT2D eigenvalue weighted by molar-refractivity contribution is -0.216. The third-order valence-electron chi connectivity index (χ3n) is 3.45. The van der Waals surface area contributed by atoms with Gasteiger partial charge in [0.25, 0.3) is 0 Å². The summed E-state index contributed by atoms with van der Waals surface area (Å²) in [5.41, 5.74) is -2.37. The lowest BCUT2D eigenvalue weighted by atomic mass is 9.84. The van der Waals surface area contributed by atoms with Crippen molar-refractivity contribution in [3.8, 4) is 0 Å². The van der Waals surface area contributed by atoms with E-state index < -0.39 is 30.1 Å². The molecule has 0 spiro atoms. The summed E-state index contributed by atoms with van der Waals surface area (Å²) in [4.78, 5) is 11.9. The molecule has 18 heavy (non-hydrogen) atoms. The highest BCUT2D eigenvalue weighted by atomic mass is 19.4. The summed E-state index contributed by atoms with van der Waals surface area (Å²) in [6, 6.07) is -0.655. The largest absolute Gasteiger partial charge is 0.404 e. The SMILES string of the molecule is CC(C)C(CO)NC(=O)C1(C(F)(F)F)CCNC1. The van der Waals surface area contributed by atoms with Crippen LogP contribution in [-0.2, 0) is 4.79 Å². The fraction of sp³-hybridized carbons (Fsp3) is 0.909. The zero-order valence-electron chi connectivity index (χ0n) is 10.5. The third-order valence-corrected chi connectivity index (χ3v) is 3.45. The molecule has 7 heteroatoms. The highest BCUT2D eigenvalue weighted by molar-refractivity contribution is 5.84. The highest BCUT2D eigenvalue weighted by Gasteiger charge is 2.61. The molecular weight excluding hydrogens is 249 g/mol. The zero-order valence-corrected chi connectivity index (χ0v) is 10.5. The van der Waals surface area contributed by atoms with Crippen LogP contribution >= 0.6 is 0 Å². The van der Waals surface area contributed by atoms with Crippen molar-refractivity contribution in [1.29, 1.82) is 0 Å². The van der Waals surface area contributed by atoms with E-state index in [1.54, 1.807) is 13.8 Å². The van der Waals surface area contributed by atoms with Gasteiger partial charge in [0.2, 0.25) is 5.91 Å². The minimum absolute atomic E-state index is 0.126. The molecule has 1 aliphatic rings. The van der Waals surface area contributed by atoms with Gasteiger partial charge in [0.05, 0.1) is 12.6 Å². The Morgan fingerprint density at radius 3 is 2.44 bits per heavy atom. The number of carbonyl (C=O) groups excluding carboxylic acids is 1. The quantitative estimate of drug-likeness (QED) is 0.702. The van der Waals surface area contributed by atoms with E-state index in [4.69, 9.17) is 5.11 Å². The number of hydrogen-bond donors (Lipinski definition) is 3. The molecule has 1 saturated heterocycles. The summed E-state index contributed by atoms with van der Waals surface area (Å²) < 4.78 is 39.2. The summed E-state index contributed by atoms with van der Waals surface area (Å²) in [5.74, 6) is -1.17. The third kappa shape index (κ3) is 2.77. The molecule has 2 unspecified atom stereocenters. The van der Waals surface area contributed by atoms with E-state index in [2.05, 4.69) is 10.6 Å². The molecule has 0 bridgehead atoms. The monoisotopic (exact) mass is 268 g/mol. The number of amides is 1. The minimum Gasteiger partial charge on any atom is -0.394 e. The van der Waals surface area contributed by atoms with Gasteiger partial charge in [0.15, 0.2) is 5.41 Å². The van der Waals surface area contributed by atoms with Crippen LogP contribution in [0.4, 0.5) is 13.2 Å². The van der Waals surface area contributed by atoms with Gasteiger partial charge in [0.1, 0.15) is 0 Å². The average molecular weight is 268 g/mol. The first-order valence-electron chi connectivity index (χ1n) is 5.94. The number of nitrogens with one attached hydrogen (secondary N) is 2. The second-order valence-corrected chi connectivity index (χ2v) is 5.01. The first kappa shape index (κ1) is 15.2. The number of rotatable bonds is 4. The van der Waals surface area contributed by atoms with E-state index >= 15 is 0 Å². The van der Waals surface area contributed by atoms with Gasteiger partial charge in [-0.2, -0.15) is 13.2 Å². The number of alkyl halides is 3. The van der Waals surface area contributed by atoms with E-state index in [-0.39, 0.29) is 25.5 Å². The normalized spacial score (nSPS) is 26.4. The molecule has 0 aliphatic carbocycles. The maximum Gasteiger partial charge on any atom is 0.404 e. The molecule has 1 fully saturated rings. The summed E-state index contributed by atoms with van der Waals surface area (Å²) >= 11 is 0. The Bertz CT molecular complexity index is 299. The Morgan fingerprint density at radius 1 is 1.50 bits per heavy atom. The standard InChI is InChI=1S/C11H19F3N2O2/c1-7(2)8(5-17)16-9(18)10(11(12,13)14)3-4-15-6-10/h7-8,15,17H,3-6H2,1-2H3,(H,16,18). The van der Waals surface area contributed by atoms with E-state index in [1.807, 2.05) is 0 Å². The summed E-state index contributed by atoms with van der Waals surface area (Å²) in [7, 11) is 0. The van der Waals surface area contributed by atoms with Crippen molar-refractivity contribution >= 4 is 5.91 Å². The molecule has 4 nitrogen and oxygen atoms in total. The topological polar surface area (TPSA) is 61.4 Å². The molecule has 0 radical (unpaired) electrons. The second-order valence-electron chi connectivity index (χ2n) is 5.01. The van der Waals surface area contributed by atoms with Gasteiger partial charge in [-0.1, -0.05) is 13.8 Å². The van der Waals surface area contributed by atoms with Crippen molar-refractivity contribution in [2.24, 2.45) is 11.3 Å². The lowest BCUT2D eigenvalue weighted by Gasteiger charge is -2.32. The number of hydrogen-bond acceptors (Lipinski definition) is 3. The molecule has 0 saturated carbocycles. The number of aliphatic hydroxyl groups excluding tert-OH is 1. The minimum atomic E-state index is -4.59. The van der Waals surface area contributed by atoms with Gasteiger partial charge in [-0.15, -0.1) is 0 Å². The zero-order chi connectivity index (χ0) is 14.0. The van der Waals surface area contributed by atoms with Crippen LogP contribution in [0.5, 0.6) is 0 Å². The molecule has 0 aromatic carbocycles. The Hall–Kier alpha value is -0.820. The van der Waals surface area contributed by atoms with E-state index in [0.29, 0.717) is 0 Å². The van der Waals surface area contributed by atoms with Crippen LogP contribution in [0.25, 0.3) is 0 Å². The molecule has 1 amide bonds. The molecule has 3 N–H and O–H groups in total. The molecule has 0 aromatic heterocycles. The first-order chi connectivity index (χ1) is 8.24. The molecule has 1 aliphatic heterocycles. The number of halogens is 3. The second kappa shape index (κ2) is 5.44. The summed E-state index contributed by atoms with van der Waals surface area (Å²) in [6.45, 7) is 2.85. The molecule has 106 valence electrons. The predicted molar refractivity (Wildman–Crippen MR) is 59.8 cm³/mol. The maximum absolute atomic E-state index is 13.1. The molecule has 1 rings (SSSR count). The van der Waals surface area contributed by atoms with Crippen LogP contribution in [0.1, 0.15) is 20.3 Å². The Kier molecular flexibility index (Phi) is 4.61. The highest BCUT2D eigenvalue weighted by Crippen LogP contribution is 2.43. The van der Waals surface area contributed by atoms with Gasteiger partial charge in [-0.05, 0) is 18.9 Å². The van der Waals surface area contributed by atoms with E-state index in [9.17, 15) is 18.0 Å². The van der Waals surface area contributed by atoms with Crippen molar-refractivity contribution in [1.82, 2.24) is 10.6 Å². The van der Waals surface area contributed by atoms with Crippen molar-refractivity contribution in [2.75, 3.05) is 19.7 Å². The van der Waals surface area contributed by atoms with Gasteiger partial charge in [-0.25, -0.2) is 0 Å². The fourth-order valence-electron chi connectivity index (χ4n) is 1.99. The van der Waals surface area contributed by atoms with Crippen molar-refractivity contribution in [3.05, 3.63) is 0 Å². The van der Waals surface area contributed by atoms with Crippen molar-refractivity contribution in [3.63, 3.8) is 0 Å². The smallest absolute Gasteiger partial charge is 0.394 e. The van der Waals surface area contributed by atoms with E-state index in [1.165, 1.54) is 0 Å². The van der Waals surface area contributed by atoms with Crippen LogP contribution < -0.4 is 10.6 Å². The summed E-state index contributed by atoms with van der Waals surface area (Å²) in [6.07, 6.45) is -4.85. The van der Waals surface area contributed by atoms with Crippen LogP contribution in [-0.4, -0.2) is 42.9 Å². The molecular formula is C11H19F3N2O2. The lowest BCUT2D eigenvalue weighted by Crippen LogP contribution is -2.55. The summed E-state index contributed by atoms with van der Waals surface area (Å²) in [5, 5.41) is 13.9. The number of aliphatic hydroxyl groups is 1. The van der Waals surface area contributed by atoms with E-state index in [0.717, 1.165) is 0 Å². The average Bonchev–Trinajstić information content (AvgIpc) is 2.74. The Morgan fingerprint density at radius 2 is 2.11 bits per heavy atom. The van der Waals surface area contributed by atoms with Crippen LogP contribution in [0.3, 0.4) is 0 Å². The van der Waals surface area contributed by atoms with Crippen LogP contribution in [0.2, 0.25) is 0 Å². The number of carbonyl (C=O) groups is 1. The van der Waals surface area contributed by atoms with Crippen LogP contribution in [0, 0.1) is 11.3 Å². The van der Waals surface area contributed by atoms with Crippen molar-refractivity contribution < 1.29 is 23.1 Å². The molecule has 2 atom stereocenters.